The van der Waals surface area contributed by atoms with Crippen LogP contribution >= 0.6 is 0 Å². The van der Waals surface area contributed by atoms with Crippen molar-refractivity contribution in [2.75, 3.05) is 6.54 Å². The Balaban J connectivity index is 1.85. The van der Waals surface area contributed by atoms with Gasteiger partial charge in [0.2, 0.25) is 0 Å². The quantitative estimate of drug-likeness (QED) is 0.874. The summed E-state index contributed by atoms with van der Waals surface area (Å²) < 4.78 is 2.13. The lowest BCUT2D eigenvalue weighted by atomic mass is 9.86. The molecule has 1 aliphatic carbocycles. The molecule has 3 nitrogen and oxygen atoms in total. The molecule has 1 atom stereocenters. The molecule has 3 rings (SSSR count). The average Bonchev–Trinajstić information content (AvgIpc) is 3.19. The molecule has 1 aromatic heterocycles. The highest BCUT2D eigenvalue weighted by atomic mass is 15.0. The Morgan fingerprint density at radius 3 is 2.60 bits per heavy atom. The molecule has 1 saturated carbocycles. The van der Waals surface area contributed by atoms with Crippen LogP contribution in [0.2, 0.25) is 0 Å². The van der Waals surface area contributed by atoms with Crippen LogP contribution in [0.3, 0.4) is 0 Å². The predicted octanol–water partition coefficient (Wildman–Crippen LogP) is 2.67. The SMILES string of the molecule is CCNC(Cc1nccn1C)C1(c2ccccc2)CC1. The maximum absolute atomic E-state index is 4.50. The van der Waals surface area contributed by atoms with Crippen molar-refractivity contribution < 1.29 is 0 Å². The van der Waals surface area contributed by atoms with Crippen LogP contribution in [0.15, 0.2) is 42.7 Å². The lowest BCUT2D eigenvalue weighted by molar-refractivity contribution is 0.411. The monoisotopic (exact) mass is 269 g/mol. The molecule has 0 aliphatic heterocycles. The number of likely N-dealkylation sites (N-methyl/N-ethyl adjacent to an activating group) is 1. The van der Waals surface area contributed by atoms with E-state index in [-0.39, 0.29) is 0 Å². The van der Waals surface area contributed by atoms with Crippen molar-refractivity contribution in [2.24, 2.45) is 7.05 Å². The van der Waals surface area contributed by atoms with E-state index in [9.17, 15) is 0 Å². The molecule has 20 heavy (non-hydrogen) atoms. The highest BCUT2D eigenvalue weighted by Crippen LogP contribution is 2.51. The summed E-state index contributed by atoms with van der Waals surface area (Å²) in [6, 6.07) is 11.4. The molecule has 2 aromatic rings. The third kappa shape index (κ3) is 2.38. The van der Waals surface area contributed by atoms with Gasteiger partial charge in [-0.3, -0.25) is 0 Å². The third-order valence-corrected chi connectivity index (χ3v) is 4.56. The third-order valence-electron chi connectivity index (χ3n) is 4.56. The maximum Gasteiger partial charge on any atom is 0.109 e. The summed E-state index contributed by atoms with van der Waals surface area (Å²) in [7, 11) is 2.08. The van der Waals surface area contributed by atoms with Crippen LogP contribution in [0.1, 0.15) is 31.2 Å². The van der Waals surface area contributed by atoms with Crippen molar-refractivity contribution in [3.05, 3.63) is 54.1 Å². The highest BCUT2D eigenvalue weighted by molar-refractivity contribution is 5.34. The summed E-state index contributed by atoms with van der Waals surface area (Å²) in [6.45, 7) is 3.19. The molecule has 1 aliphatic rings. The van der Waals surface area contributed by atoms with Crippen molar-refractivity contribution in [3.8, 4) is 0 Å². The Hall–Kier alpha value is -1.61. The van der Waals surface area contributed by atoms with Crippen molar-refractivity contribution in [1.29, 1.82) is 0 Å². The first-order chi connectivity index (χ1) is 9.76. The van der Waals surface area contributed by atoms with E-state index < -0.39 is 0 Å². The fraction of sp³-hybridized carbons (Fsp3) is 0.471. The first kappa shape index (κ1) is 13.4. The average molecular weight is 269 g/mol. The van der Waals surface area contributed by atoms with Crippen molar-refractivity contribution in [3.63, 3.8) is 0 Å². The minimum atomic E-state index is 0.309. The van der Waals surface area contributed by atoms with Gasteiger partial charge in [-0.25, -0.2) is 4.98 Å². The van der Waals surface area contributed by atoms with E-state index in [1.807, 2.05) is 12.4 Å². The molecule has 0 spiro atoms. The van der Waals surface area contributed by atoms with Crippen LogP contribution in [-0.4, -0.2) is 22.1 Å². The van der Waals surface area contributed by atoms with E-state index in [0.29, 0.717) is 11.5 Å². The molecule has 1 fully saturated rings. The minimum absolute atomic E-state index is 0.309. The maximum atomic E-state index is 4.50. The normalized spacial score (nSPS) is 17.9. The van der Waals surface area contributed by atoms with Crippen LogP contribution < -0.4 is 5.32 Å². The number of nitrogens with one attached hydrogen (secondary N) is 1. The Kier molecular flexibility index (Phi) is 3.62. The highest BCUT2D eigenvalue weighted by Gasteiger charge is 2.50. The van der Waals surface area contributed by atoms with Gasteiger partial charge in [0.1, 0.15) is 5.82 Å². The largest absolute Gasteiger partial charge is 0.338 e. The van der Waals surface area contributed by atoms with E-state index in [1.54, 1.807) is 0 Å². The summed E-state index contributed by atoms with van der Waals surface area (Å²) in [5.41, 5.74) is 1.78. The zero-order valence-corrected chi connectivity index (χ0v) is 12.3. The molecule has 1 unspecified atom stereocenters. The summed E-state index contributed by atoms with van der Waals surface area (Å²) in [6.07, 6.45) is 7.46. The first-order valence-electron chi connectivity index (χ1n) is 7.51. The van der Waals surface area contributed by atoms with Gasteiger partial charge in [-0.2, -0.15) is 0 Å². The van der Waals surface area contributed by atoms with Gasteiger partial charge < -0.3 is 9.88 Å². The zero-order chi connectivity index (χ0) is 14.0. The van der Waals surface area contributed by atoms with E-state index in [1.165, 1.54) is 18.4 Å². The molecule has 0 amide bonds. The Bertz CT molecular complexity index is 555. The van der Waals surface area contributed by atoms with Gasteiger partial charge in [-0.1, -0.05) is 37.3 Å². The molecule has 3 heteroatoms. The predicted molar refractivity (Wildman–Crippen MR) is 81.7 cm³/mol. The van der Waals surface area contributed by atoms with Crippen LogP contribution in [-0.2, 0) is 18.9 Å². The summed E-state index contributed by atoms with van der Waals surface area (Å²) in [5.74, 6) is 1.16. The number of aryl methyl sites for hydroxylation is 1. The standard InChI is InChI=1S/C17H23N3/c1-3-18-15(13-16-19-11-12-20(16)2)17(9-10-17)14-7-5-4-6-8-14/h4-8,11-12,15,18H,3,9-10,13H2,1-2H3. The fourth-order valence-corrected chi connectivity index (χ4v) is 3.23. The topological polar surface area (TPSA) is 29.9 Å². The second kappa shape index (κ2) is 5.41. The van der Waals surface area contributed by atoms with Gasteiger partial charge in [-0.15, -0.1) is 0 Å². The zero-order valence-electron chi connectivity index (χ0n) is 12.3. The summed E-state index contributed by atoms with van der Waals surface area (Å²) in [4.78, 5) is 4.50. The van der Waals surface area contributed by atoms with E-state index in [0.717, 1.165) is 18.8 Å². The molecular weight excluding hydrogens is 246 g/mol. The van der Waals surface area contributed by atoms with E-state index in [2.05, 4.69) is 59.2 Å². The van der Waals surface area contributed by atoms with Crippen molar-refractivity contribution in [1.82, 2.24) is 14.9 Å². The second-order valence-electron chi connectivity index (χ2n) is 5.79. The Morgan fingerprint density at radius 1 is 1.30 bits per heavy atom. The minimum Gasteiger partial charge on any atom is -0.338 e. The summed E-state index contributed by atoms with van der Waals surface area (Å²) in [5, 5.41) is 3.70. The first-order valence-corrected chi connectivity index (χ1v) is 7.51. The molecule has 106 valence electrons. The van der Waals surface area contributed by atoms with Gasteiger partial charge in [0, 0.05) is 37.3 Å². The Labute approximate surface area is 121 Å². The molecule has 1 N–H and O–H groups in total. The number of hydrogen-bond donors (Lipinski definition) is 1. The van der Waals surface area contributed by atoms with Crippen molar-refractivity contribution >= 4 is 0 Å². The van der Waals surface area contributed by atoms with E-state index in [4.69, 9.17) is 0 Å². The van der Waals surface area contributed by atoms with E-state index >= 15 is 0 Å². The van der Waals surface area contributed by atoms with Gasteiger partial charge >= 0.3 is 0 Å². The molecule has 1 heterocycles. The number of hydrogen-bond acceptors (Lipinski definition) is 2. The smallest absolute Gasteiger partial charge is 0.109 e. The van der Waals surface area contributed by atoms with Crippen LogP contribution in [0.4, 0.5) is 0 Å². The van der Waals surface area contributed by atoms with Crippen LogP contribution in [0, 0.1) is 0 Å². The number of nitrogens with zero attached hydrogens (tertiary/aromatic N) is 2. The molecule has 0 bridgehead atoms. The van der Waals surface area contributed by atoms with Crippen LogP contribution in [0.5, 0.6) is 0 Å². The Morgan fingerprint density at radius 2 is 2.05 bits per heavy atom. The number of imidazole rings is 1. The lowest BCUT2D eigenvalue weighted by Gasteiger charge is -2.28. The number of aromatic nitrogens is 2. The number of rotatable bonds is 6. The second-order valence-corrected chi connectivity index (χ2v) is 5.79. The van der Waals surface area contributed by atoms with Crippen molar-refractivity contribution in [2.45, 2.75) is 37.6 Å². The molecule has 0 saturated heterocycles. The molecule has 1 aromatic carbocycles. The number of benzene rings is 1. The molecular formula is C17H23N3. The van der Waals surface area contributed by atoms with Gasteiger partial charge in [-0.05, 0) is 24.9 Å². The fourth-order valence-electron chi connectivity index (χ4n) is 3.23. The lowest BCUT2D eigenvalue weighted by Crippen LogP contribution is -2.42. The van der Waals surface area contributed by atoms with Gasteiger partial charge in [0.25, 0.3) is 0 Å². The molecule has 0 radical (unpaired) electrons. The van der Waals surface area contributed by atoms with Gasteiger partial charge in [0.15, 0.2) is 0 Å². The summed E-state index contributed by atoms with van der Waals surface area (Å²) >= 11 is 0. The van der Waals surface area contributed by atoms with Gasteiger partial charge in [0.05, 0.1) is 0 Å². The van der Waals surface area contributed by atoms with Crippen LogP contribution in [0.25, 0.3) is 0 Å².